The summed E-state index contributed by atoms with van der Waals surface area (Å²) in [6, 6.07) is 4.03. The van der Waals surface area contributed by atoms with Crippen molar-refractivity contribution in [3.05, 3.63) is 28.8 Å². The summed E-state index contributed by atoms with van der Waals surface area (Å²) in [7, 11) is 0. The summed E-state index contributed by atoms with van der Waals surface area (Å²) in [6.45, 7) is 7.75. The highest BCUT2D eigenvalue weighted by Gasteiger charge is 2.13. The Labute approximate surface area is 96.1 Å². The van der Waals surface area contributed by atoms with Gasteiger partial charge in [-0.3, -0.25) is 4.79 Å². The summed E-state index contributed by atoms with van der Waals surface area (Å²) in [6.07, 6.45) is -0.288. The van der Waals surface area contributed by atoms with Crippen molar-refractivity contribution in [2.75, 3.05) is 0 Å². The van der Waals surface area contributed by atoms with Crippen molar-refractivity contribution in [1.29, 1.82) is 0 Å². The number of benzene rings is 1. The molecule has 1 aromatic carbocycles. The lowest BCUT2D eigenvalue weighted by Crippen LogP contribution is -2.17. The third-order valence-electron chi connectivity index (χ3n) is 2.65. The maximum Gasteiger partial charge on any atom is 0.307 e. The van der Waals surface area contributed by atoms with E-state index in [1.54, 1.807) is 6.92 Å². The lowest BCUT2D eigenvalue weighted by atomic mass is 10.1. The molecule has 0 aliphatic rings. The van der Waals surface area contributed by atoms with Crippen LogP contribution in [-0.2, 0) is 4.79 Å². The lowest BCUT2D eigenvalue weighted by Gasteiger charge is -2.18. The molecule has 88 valence electrons. The van der Waals surface area contributed by atoms with Gasteiger partial charge in [0.2, 0.25) is 0 Å². The fraction of sp³-hybridized carbons (Fsp3) is 0.462. The number of carbonyl (C=O) groups is 1. The summed E-state index contributed by atoms with van der Waals surface area (Å²) < 4.78 is 5.69. The first-order chi connectivity index (χ1) is 7.41. The van der Waals surface area contributed by atoms with Gasteiger partial charge >= 0.3 is 5.97 Å². The third-order valence-corrected chi connectivity index (χ3v) is 2.65. The van der Waals surface area contributed by atoms with Crippen LogP contribution >= 0.6 is 0 Å². The van der Waals surface area contributed by atoms with E-state index in [1.807, 2.05) is 32.9 Å². The molecule has 0 unspecified atom stereocenters. The molecule has 3 nitrogen and oxygen atoms in total. The van der Waals surface area contributed by atoms with Crippen LogP contribution in [0.1, 0.15) is 30.0 Å². The minimum absolute atomic E-state index is 0.0207. The van der Waals surface area contributed by atoms with Crippen molar-refractivity contribution < 1.29 is 14.6 Å². The molecule has 0 saturated heterocycles. The second kappa shape index (κ2) is 5.01. The predicted octanol–water partition coefficient (Wildman–Crippen LogP) is 2.85. The lowest BCUT2D eigenvalue weighted by molar-refractivity contribution is -0.138. The molecule has 1 atom stereocenters. The minimum Gasteiger partial charge on any atom is -0.490 e. The van der Waals surface area contributed by atoms with Crippen LogP contribution in [0.15, 0.2) is 12.1 Å². The molecule has 0 aliphatic heterocycles. The number of hydrogen-bond donors (Lipinski definition) is 1. The Kier molecular flexibility index (Phi) is 3.93. The smallest absolute Gasteiger partial charge is 0.307 e. The predicted molar refractivity (Wildman–Crippen MR) is 63.0 cm³/mol. The number of carboxylic acids is 1. The van der Waals surface area contributed by atoms with Gasteiger partial charge in [-0.05, 0) is 44.4 Å². The fourth-order valence-electron chi connectivity index (χ4n) is 1.60. The average molecular weight is 222 g/mol. The number of aryl methyl sites for hydroxylation is 2. The number of ether oxygens (including phenoxy) is 1. The highest BCUT2D eigenvalue weighted by Crippen LogP contribution is 2.27. The van der Waals surface area contributed by atoms with Gasteiger partial charge in [0.1, 0.15) is 11.9 Å². The van der Waals surface area contributed by atoms with Crippen LogP contribution in [0.25, 0.3) is 0 Å². The summed E-state index contributed by atoms with van der Waals surface area (Å²) in [4.78, 5) is 10.6. The molecule has 0 amide bonds. The van der Waals surface area contributed by atoms with E-state index in [2.05, 4.69) is 0 Å². The number of hydrogen-bond acceptors (Lipinski definition) is 2. The first kappa shape index (κ1) is 12.6. The van der Waals surface area contributed by atoms with E-state index in [1.165, 1.54) is 0 Å². The van der Waals surface area contributed by atoms with E-state index >= 15 is 0 Å². The van der Waals surface area contributed by atoms with Gasteiger partial charge in [0.25, 0.3) is 0 Å². The maximum absolute atomic E-state index is 10.6. The number of carboxylic acid groups (broad SMARTS) is 1. The van der Waals surface area contributed by atoms with Crippen molar-refractivity contribution >= 4 is 5.97 Å². The van der Waals surface area contributed by atoms with Crippen molar-refractivity contribution in [2.24, 2.45) is 0 Å². The molecule has 16 heavy (non-hydrogen) atoms. The summed E-state index contributed by atoms with van der Waals surface area (Å²) >= 11 is 0. The van der Waals surface area contributed by atoms with Gasteiger partial charge in [-0.15, -0.1) is 0 Å². The van der Waals surface area contributed by atoms with Gasteiger partial charge in [-0.2, -0.15) is 0 Å². The van der Waals surface area contributed by atoms with Crippen molar-refractivity contribution in [3.63, 3.8) is 0 Å². The van der Waals surface area contributed by atoms with E-state index in [4.69, 9.17) is 9.84 Å². The molecule has 0 spiro atoms. The second-order valence-electron chi connectivity index (χ2n) is 4.18. The van der Waals surface area contributed by atoms with Crippen LogP contribution in [0.5, 0.6) is 5.75 Å². The molecule has 0 aromatic heterocycles. The van der Waals surface area contributed by atoms with Crippen LogP contribution in [0.3, 0.4) is 0 Å². The summed E-state index contributed by atoms with van der Waals surface area (Å²) in [5, 5.41) is 8.68. The van der Waals surface area contributed by atoms with E-state index in [0.29, 0.717) is 0 Å². The van der Waals surface area contributed by atoms with Gasteiger partial charge in [-0.25, -0.2) is 0 Å². The second-order valence-corrected chi connectivity index (χ2v) is 4.18. The molecule has 0 aliphatic carbocycles. The van der Waals surface area contributed by atoms with Crippen molar-refractivity contribution in [2.45, 2.75) is 40.2 Å². The molecule has 0 radical (unpaired) electrons. The van der Waals surface area contributed by atoms with Crippen LogP contribution in [0.4, 0.5) is 0 Å². The summed E-state index contributed by atoms with van der Waals surface area (Å²) in [5.41, 5.74) is 3.28. The van der Waals surface area contributed by atoms with Gasteiger partial charge < -0.3 is 9.84 Å². The van der Waals surface area contributed by atoms with E-state index in [9.17, 15) is 4.79 Å². The highest BCUT2D eigenvalue weighted by molar-refractivity contribution is 5.67. The van der Waals surface area contributed by atoms with E-state index < -0.39 is 5.97 Å². The normalized spacial score (nSPS) is 12.2. The molecule has 3 heteroatoms. The molecule has 1 N–H and O–H groups in total. The third kappa shape index (κ3) is 2.99. The Morgan fingerprint density at radius 2 is 1.88 bits per heavy atom. The Bertz CT molecular complexity index is 396. The zero-order valence-corrected chi connectivity index (χ0v) is 10.2. The Morgan fingerprint density at radius 1 is 1.31 bits per heavy atom. The highest BCUT2D eigenvalue weighted by atomic mass is 16.5. The molecule has 0 fully saturated rings. The van der Waals surface area contributed by atoms with Gasteiger partial charge in [0, 0.05) is 0 Å². The van der Waals surface area contributed by atoms with Crippen molar-refractivity contribution in [3.8, 4) is 5.75 Å². The largest absolute Gasteiger partial charge is 0.490 e. The first-order valence-corrected chi connectivity index (χ1v) is 5.37. The Balaban J connectivity index is 2.88. The molecular weight excluding hydrogens is 204 g/mol. The SMILES string of the molecule is Cc1ccc(C)c(O[C@@H](C)CC(=O)O)c1C. The standard InChI is InChI=1S/C13H18O3/c1-8-5-6-9(2)13(11(8)4)16-10(3)7-12(14)15/h5-6,10H,7H2,1-4H3,(H,14,15)/t10-/m0/s1. The van der Waals surface area contributed by atoms with Gasteiger partial charge in [0.15, 0.2) is 0 Å². The van der Waals surface area contributed by atoms with Crippen LogP contribution < -0.4 is 4.74 Å². The Hall–Kier alpha value is -1.51. The van der Waals surface area contributed by atoms with Gasteiger partial charge in [0.05, 0.1) is 6.42 Å². The topological polar surface area (TPSA) is 46.5 Å². The molecule has 0 bridgehead atoms. The first-order valence-electron chi connectivity index (χ1n) is 5.37. The van der Waals surface area contributed by atoms with Crippen LogP contribution in [0.2, 0.25) is 0 Å². The molecule has 1 aromatic rings. The molecular formula is C13H18O3. The van der Waals surface area contributed by atoms with Crippen molar-refractivity contribution in [1.82, 2.24) is 0 Å². The van der Waals surface area contributed by atoms with E-state index in [-0.39, 0.29) is 12.5 Å². The quantitative estimate of drug-likeness (QED) is 0.852. The molecule has 0 heterocycles. The maximum atomic E-state index is 10.6. The van der Waals surface area contributed by atoms with Gasteiger partial charge in [-0.1, -0.05) is 12.1 Å². The summed E-state index contributed by atoms with van der Waals surface area (Å²) in [5.74, 6) is -0.0239. The molecule has 0 saturated carbocycles. The van der Waals surface area contributed by atoms with Crippen LogP contribution in [0, 0.1) is 20.8 Å². The Morgan fingerprint density at radius 3 is 2.44 bits per heavy atom. The zero-order valence-electron chi connectivity index (χ0n) is 10.2. The zero-order chi connectivity index (χ0) is 12.3. The monoisotopic (exact) mass is 222 g/mol. The minimum atomic E-state index is -0.838. The molecule has 1 rings (SSSR count). The number of aliphatic carboxylic acids is 1. The fourth-order valence-corrected chi connectivity index (χ4v) is 1.60. The number of rotatable bonds is 4. The average Bonchev–Trinajstić information content (AvgIpc) is 2.17. The van der Waals surface area contributed by atoms with Crippen LogP contribution in [-0.4, -0.2) is 17.2 Å². The van der Waals surface area contributed by atoms with E-state index in [0.717, 1.165) is 22.4 Å².